The molecule has 0 unspecified atom stereocenters. The van der Waals surface area contributed by atoms with Crippen LogP contribution in [0.3, 0.4) is 0 Å². The van der Waals surface area contributed by atoms with Gasteiger partial charge in [-0.3, -0.25) is 9.59 Å². The second-order valence-corrected chi connectivity index (χ2v) is 4.92. The number of benzene rings is 1. The summed E-state index contributed by atoms with van der Waals surface area (Å²) in [7, 11) is 0. The molecule has 1 aromatic rings. The van der Waals surface area contributed by atoms with Crippen LogP contribution in [-0.4, -0.2) is 41.9 Å². The molecular formula is C17H22N2O6. The molecule has 1 atom stereocenters. The molecule has 8 nitrogen and oxygen atoms in total. The van der Waals surface area contributed by atoms with Crippen LogP contribution in [0.15, 0.2) is 29.4 Å². The van der Waals surface area contributed by atoms with Crippen molar-refractivity contribution in [3.8, 4) is 5.75 Å². The van der Waals surface area contributed by atoms with Gasteiger partial charge >= 0.3 is 11.9 Å². The lowest BCUT2D eigenvalue weighted by Gasteiger charge is -2.15. The van der Waals surface area contributed by atoms with Crippen molar-refractivity contribution in [2.75, 3.05) is 13.2 Å². The Morgan fingerprint density at radius 2 is 1.68 bits per heavy atom. The summed E-state index contributed by atoms with van der Waals surface area (Å²) in [5.74, 6) is -2.94. The van der Waals surface area contributed by atoms with Gasteiger partial charge in [0, 0.05) is 5.56 Å². The van der Waals surface area contributed by atoms with Crippen LogP contribution in [-0.2, 0) is 19.1 Å². The number of nitrogens with zero attached hydrogens (tertiary/aromatic N) is 1. The van der Waals surface area contributed by atoms with Crippen molar-refractivity contribution in [3.63, 3.8) is 0 Å². The Kier molecular flexibility index (Phi) is 8.11. The molecule has 0 fully saturated rings. The van der Waals surface area contributed by atoms with E-state index in [0.29, 0.717) is 0 Å². The van der Waals surface area contributed by atoms with Crippen molar-refractivity contribution in [1.29, 1.82) is 0 Å². The second-order valence-electron chi connectivity index (χ2n) is 4.92. The standard InChI is InChI=1S/C17H22N2O6/c1-4-13(16(22)24-5-2)14(17(23)25-6-3)18-19-15(21)11-7-9-12(20)10-8-11/h7-10,13,20H,4-6H2,1-3H3,(H,19,21)/t13-/m0/s1. The van der Waals surface area contributed by atoms with Gasteiger partial charge in [0.15, 0.2) is 5.71 Å². The average molecular weight is 350 g/mol. The van der Waals surface area contributed by atoms with E-state index in [1.54, 1.807) is 20.8 Å². The zero-order valence-corrected chi connectivity index (χ0v) is 14.4. The number of amides is 1. The number of carbonyl (C=O) groups excluding carboxylic acids is 3. The number of phenols is 1. The second kappa shape index (κ2) is 10.1. The first-order chi connectivity index (χ1) is 11.9. The maximum absolute atomic E-state index is 12.1. The molecule has 0 radical (unpaired) electrons. The topological polar surface area (TPSA) is 114 Å². The first kappa shape index (κ1) is 20.1. The Labute approximate surface area is 145 Å². The fourth-order valence-corrected chi connectivity index (χ4v) is 1.97. The predicted octanol–water partition coefficient (Wildman–Crippen LogP) is 1.63. The minimum Gasteiger partial charge on any atom is -0.508 e. The molecule has 1 rings (SSSR count). The largest absolute Gasteiger partial charge is 0.508 e. The normalized spacial score (nSPS) is 12.2. The lowest BCUT2D eigenvalue weighted by atomic mass is 10.0. The lowest BCUT2D eigenvalue weighted by molar-refractivity contribution is -0.147. The van der Waals surface area contributed by atoms with Gasteiger partial charge < -0.3 is 14.6 Å². The van der Waals surface area contributed by atoms with E-state index in [-0.39, 0.29) is 36.7 Å². The summed E-state index contributed by atoms with van der Waals surface area (Å²) in [5.41, 5.74) is 2.23. The maximum Gasteiger partial charge on any atom is 0.355 e. The minimum atomic E-state index is -0.945. The number of nitrogens with one attached hydrogen (secondary N) is 1. The van der Waals surface area contributed by atoms with Crippen LogP contribution < -0.4 is 5.43 Å². The van der Waals surface area contributed by atoms with Crippen LogP contribution in [0.5, 0.6) is 5.75 Å². The molecule has 2 N–H and O–H groups in total. The third-order valence-corrected chi connectivity index (χ3v) is 3.20. The summed E-state index contributed by atoms with van der Waals surface area (Å²) in [6, 6.07) is 5.48. The molecule has 0 saturated heterocycles. The number of esters is 2. The summed E-state index contributed by atoms with van der Waals surface area (Å²) >= 11 is 0. The van der Waals surface area contributed by atoms with E-state index >= 15 is 0 Å². The zero-order valence-electron chi connectivity index (χ0n) is 14.4. The molecule has 0 aliphatic heterocycles. The van der Waals surface area contributed by atoms with Crippen molar-refractivity contribution in [1.82, 2.24) is 5.43 Å². The van der Waals surface area contributed by atoms with Gasteiger partial charge in [-0.25, -0.2) is 10.2 Å². The molecule has 0 bridgehead atoms. The molecule has 0 aliphatic carbocycles. The van der Waals surface area contributed by atoms with Crippen molar-refractivity contribution >= 4 is 23.6 Å². The highest BCUT2D eigenvalue weighted by atomic mass is 16.5. The van der Waals surface area contributed by atoms with E-state index in [2.05, 4.69) is 10.5 Å². The first-order valence-corrected chi connectivity index (χ1v) is 7.95. The summed E-state index contributed by atoms with van der Waals surface area (Å²) in [4.78, 5) is 36.2. The number of phenolic OH excluding ortho intramolecular Hbond substituents is 1. The fraction of sp³-hybridized carbons (Fsp3) is 0.412. The zero-order chi connectivity index (χ0) is 18.8. The number of hydrogen-bond donors (Lipinski definition) is 2. The lowest BCUT2D eigenvalue weighted by Crippen LogP contribution is -2.35. The quantitative estimate of drug-likeness (QED) is 0.418. The highest BCUT2D eigenvalue weighted by Crippen LogP contribution is 2.12. The molecule has 0 heterocycles. The first-order valence-electron chi connectivity index (χ1n) is 7.95. The van der Waals surface area contributed by atoms with E-state index in [0.717, 1.165) is 0 Å². The van der Waals surface area contributed by atoms with Gasteiger partial charge in [-0.2, -0.15) is 5.10 Å². The smallest absolute Gasteiger partial charge is 0.355 e. The number of hydrogen-bond acceptors (Lipinski definition) is 7. The molecule has 0 aliphatic rings. The van der Waals surface area contributed by atoms with Crippen molar-refractivity contribution in [2.24, 2.45) is 11.0 Å². The fourth-order valence-electron chi connectivity index (χ4n) is 1.97. The van der Waals surface area contributed by atoms with E-state index in [9.17, 15) is 19.5 Å². The van der Waals surface area contributed by atoms with Crippen LogP contribution >= 0.6 is 0 Å². The van der Waals surface area contributed by atoms with Crippen LogP contribution in [0.25, 0.3) is 0 Å². The molecule has 136 valence electrons. The van der Waals surface area contributed by atoms with Crippen molar-refractivity contribution in [3.05, 3.63) is 29.8 Å². The van der Waals surface area contributed by atoms with Crippen LogP contribution in [0.2, 0.25) is 0 Å². The Hall–Kier alpha value is -2.90. The van der Waals surface area contributed by atoms with Gasteiger partial charge in [0.25, 0.3) is 5.91 Å². The van der Waals surface area contributed by atoms with E-state index in [1.165, 1.54) is 24.3 Å². The Bertz CT molecular complexity index is 639. The summed E-state index contributed by atoms with van der Waals surface area (Å²) in [5, 5.41) is 13.0. The Balaban J connectivity index is 3.03. The van der Waals surface area contributed by atoms with E-state index in [4.69, 9.17) is 9.47 Å². The van der Waals surface area contributed by atoms with Gasteiger partial charge in [-0.05, 0) is 44.5 Å². The van der Waals surface area contributed by atoms with E-state index < -0.39 is 23.8 Å². The summed E-state index contributed by atoms with van der Waals surface area (Å²) in [6.07, 6.45) is 0.256. The average Bonchev–Trinajstić information content (AvgIpc) is 2.59. The minimum absolute atomic E-state index is 0.0145. The SMILES string of the molecule is CCOC(=O)C(=NNC(=O)c1ccc(O)cc1)[C@H](CC)C(=O)OCC. The number of carbonyl (C=O) groups is 3. The number of rotatable bonds is 8. The van der Waals surface area contributed by atoms with Crippen molar-refractivity contribution < 1.29 is 29.0 Å². The third kappa shape index (κ3) is 5.91. The molecule has 1 aromatic carbocycles. The molecule has 1 amide bonds. The molecule has 0 saturated carbocycles. The summed E-state index contributed by atoms with van der Waals surface area (Å²) in [6.45, 7) is 5.22. The Morgan fingerprint density at radius 3 is 2.20 bits per heavy atom. The van der Waals surface area contributed by atoms with Gasteiger partial charge in [-0.1, -0.05) is 6.92 Å². The molecule has 8 heteroatoms. The number of hydrazone groups is 1. The number of aromatic hydroxyl groups is 1. The molecular weight excluding hydrogens is 328 g/mol. The molecule has 0 aromatic heterocycles. The van der Waals surface area contributed by atoms with Gasteiger partial charge in [0.1, 0.15) is 11.7 Å². The Morgan fingerprint density at radius 1 is 1.08 bits per heavy atom. The van der Waals surface area contributed by atoms with Crippen molar-refractivity contribution in [2.45, 2.75) is 27.2 Å². The maximum atomic E-state index is 12.1. The highest BCUT2D eigenvalue weighted by molar-refractivity contribution is 6.40. The van der Waals surface area contributed by atoms with Crippen LogP contribution in [0.4, 0.5) is 0 Å². The van der Waals surface area contributed by atoms with Crippen LogP contribution in [0, 0.1) is 5.92 Å². The summed E-state index contributed by atoms with van der Waals surface area (Å²) < 4.78 is 9.85. The molecule has 25 heavy (non-hydrogen) atoms. The van der Waals surface area contributed by atoms with Gasteiger partial charge in [0.2, 0.25) is 0 Å². The third-order valence-electron chi connectivity index (χ3n) is 3.20. The van der Waals surface area contributed by atoms with E-state index in [1.807, 2.05) is 0 Å². The monoisotopic (exact) mass is 350 g/mol. The predicted molar refractivity (Wildman–Crippen MR) is 90.1 cm³/mol. The van der Waals surface area contributed by atoms with Gasteiger partial charge in [0.05, 0.1) is 13.2 Å². The van der Waals surface area contributed by atoms with Gasteiger partial charge in [-0.15, -0.1) is 0 Å². The number of ether oxygens (including phenoxy) is 2. The highest BCUT2D eigenvalue weighted by Gasteiger charge is 2.31. The molecule has 0 spiro atoms. The van der Waals surface area contributed by atoms with Crippen LogP contribution in [0.1, 0.15) is 37.6 Å².